The monoisotopic (exact) mass is 411 g/mol. The zero-order valence-electron chi connectivity index (χ0n) is 16.7. The third-order valence-electron chi connectivity index (χ3n) is 5.62. The first kappa shape index (κ1) is 19.6. The summed E-state index contributed by atoms with van der Waals surface area (Å²) < 4.78 is 25.5. The van der Waals surface area contributed by atoms with Crippen LogP contribution in [0.4, 0.5) is 0 Å². The number of imidazole rings is 1. The minimum absolute atomic E-state index is 0.0422. The van der Waals surface area contributed by atoms with Gasteiger partial charge in [-0.25, -0.2) is 13.4 Å². The maximum absolute atomic E-state index is 13.2. The molecule has 0 saturated carbocycles. The smallest absolute Gasteiger partial charge is 0.242 e. The SMILES string of the molecule is CN(C(=O)Cn1c(CS(C)(=O)=O)nc2ccccc21)C1CCCc2ccccc21. The molecule has 1 atom stereocenters. The molecule has 3 aromatic rings. The summed E-state index contributed by atoms with van der Waals surface area (Å²) in [4.78, 5) is 19.5. The van der Waals surface area contributed by atoms with Crippen LogP contribution in [0.15, 0.2) is 48.5 Å². The number of likely N-dealkylation sites (N-methyl/N-ethyl adjacent to an activating group) is 1. The van der Waals surface area contributed by atoms with Crippen molar-refractivity contribution in [2.75, 3.05) is 13.3 Å². The van der Waals surface area contributed by atoms with E-state index in [0.717, 1.165) is 24.8 Å². The van der Waals surface area contributed by atoms with Gasteiger partial charge in [0.15, 0.2) is 9.84 Å². The summed E-state index contributed by atoms with van der Waals surface area (Å²) in [5.74, 6) is 0.161. The number of fused-ring (bicyclic) bond motifs is 2. The van der Waals surface area contributed by atoms with Crippen LogP contribution >= 0.6 is 0 Å². The lowest BCUT2D eigenvalue weighted by Gasteiger charge is -2.33. The van der Waals surface area contributed by atoms with Gasteiger partial charge in [0.25, 0.3) is 0 Å². The van der Waals surface area contributed by atoms with Gasteiger partial charge in [-0.1, -0.05) is 36.4 Å². The summed E-state index contributed by atoms with van der Waals surface area (Å²) >= 11 is 0. The fraction of sp³-hybridized carbons (Fsp3) is 0.364. The Kier molecular flexibility index (Phi) is 5.17. The molecule has 1 aliphatic rings. The Morgan fingerprint density at radius 3 is 2.69 bits per heavy atom. The Balaban J connectivity index is 1.65. The predicted octanol–water partition coefficient (Wildman–Crippen LogP) is 3.12. The largest absolute Gasteiger partial charge is 0.337 e. The lowest BCUT2D eigenvalue weighted by atomic mass is 9.87. The zero-order valence-corrected chi connectivity index (χ0v) is 17.5. The van der Waals surface area contributed by atoms with E-state index in [1.165, 1.54) is 17.4 Å². The van der Waals surface area contributed by atoms with Gasteiger partial charge in [-0.3, -0.25) is 4.79 Å². The maximum Gasteiger partial charge on any atom is 0.242 e. The van der Waals surface area contributed by atoms with Crippen LogP contribution in [0.25, 0.3) is 11.0 Å². The highest BCUT2D eigenvalue weighted by Gasteiger charge is 2.27. The number of hydrogen-bond acceptors (Lipinski definition) is 4. The summed E-state index contributed by atoms with van der Waals surface area (Å²) in [6, 6.07) is 15.8. The van der Waals surface area contributed by atoms with Crippen LogP contribution in [0, 0.1) is 0 Å². The molecular weight excluding hydrogens is 386 g/mol. The van der Waals surface area contributed by atoms with Crippen LogP contribution in [-0.2, 0) is 33.4 Å². The first-order valence-electron chi connectivity index (χ1n) is 9.79. The normalized spacial score (nSPS) is 16.6. The Morgan fingerprint density at radius 2 is 1.90 bits per heavy atom. The molecule has 0 N–H and O–H groups in total. The standard InChI is InChI=1S/C22H25N3O3S/c1-24(19-13-7-9-16-8-3-4-10-17(16)19)22(26)14-25-20-12-6-5-11-18(20)23-21(25)15-29(2,27)28/h3-6,8,10-12,19H,7,9,13-15H2,1-2H3. The van der Waals surface area contributed by atoms with Gasteiger partial charge in [-0.05, 0) is 42.5 Å². The van der Waals surface area contributed by atoms with Crippen LogP contribution in [0.1, 0.15) is 35.8 Å². The fourth-order valence-electron chi connectivity index (χ4n) is 4.20. The van der Waals surface area contributed by atoms with Gasteiger partial charge in [0.05, 0.1) is 17.1 Å². The molecule has 0 aliphatic heterocycles. The average Bonchev–Trinajstić information content (AvgIpc) is 3.02. The van der Waals surface area contributed by atoms with E-state index in [4.69, 9.17) is 0 Å². The van der Waals surface area contributed by atoms with E-state index in [1.54, 1.807) is 9.47 Å². The molecule has 6 nitrogen and oxygen atoms in total. The minimum atomic E-state index is -3.27. The van der Waals surface area contributed by atoms with Crippen LogP contribution in [0.2, 0.25) is 0 Å². The molecule has 1 aliphatic carbocycles. The molecule has 0 spiro atoms. The second-order valence-electron chi connectivity index (χ2n) is 7.78. The van der Waals surface area contributed by atoms with Crippen molar-refractivity contribution in [1.82, 2.24) is 14.5 Å². The molecule has 4 rings (SSSR count). The molecule has 0 radical (unpaired) electrons. The van der Waals surface area contributed by atoms with E-state index in [-0.39, 0.29) is 24.2 Å². The van der Waals surface area contributed by atoms with Gasteiger partial charge in [-0.2, -0.15) is 0 Å². The molecule has 0 saturated heterocycles. The number of carbonyl (C=O) groups excluding carboxylic acids is 1. The number of benzene rings is 2. The molecule has 1 heterocycles. The Labute approximate surface area is 171 Å². The van der Waals surface area contributed by atoms with Crippen molar-refractivity contribution in [3.63, 3.8) is 0 Å². The van der Waals surface area contributed by atoms with Crippen LogP contribution < -0.4 is 0 Å². The van der Waals surface area contributed by atoms with Gasteiger partial charge in [-0.15, -0.1) is 0 Å². The van der Waals surface area contributed by atoms with E-state index < -0.39 is 9.84 Å². The second kappa shape index (κ2) is 7.63. The van der Waals surface area contributed by atoms with E-state index in [1.807, 2.05) is 43.4 Å². The molecule has 0 bridgehead atoms. The highest BCUT2D eigenvalue weighted by atomic mass is 32.2. The van der Waals surface area contributed by atoms with Gasteiger partial charge < -0.3 is 9.47 Å². The first-order valence-corrected chi connectivity index (χ1v) is 11.8. The van der Waals surface area contributed by atoms with E-state index >= 15 is 0 Å². The molecule has 29 heavy (non-hydrogen) atoms. The second-order valence-corrected chi connectivity index (χ2v) is 9.92. The highest BCUT2D eigenvalue weighted by Crippen LogP contribution is 2.33. The first-order chi connectivity index (χ1) is 13.8. The molecule has 152 valence electrons. The molecular formula is C22H25N3O3S. The topological polar surface area (TPSA) is 72.3 Å². The van der Waals surface area contributed by atoms with Crippen molar-refractivity contribution in [1.29, 1.82) is 0 Å². The van der Waals surface area contributed by atoms with E-state index in [9.17, 15) is 13.2 Å². The molecule has 1 unspecified atom stereocenters. The van der Waals surface area contributed by atoms with Crippen molar-refractivity contribution in [2.24, 2.45) is 0 Å². The fourth-order valence-corrected chi connectivity index (χ4v) is 4.89. The molecule has 0 fully saturated rings. The van der Waals surface area contributed by atoms with Crippen molar-refractivity contribution in [3.8, 4) is 0 Å². The lowest BCUT2D eigenvalue weighted by Crippen LogP contribution is -2.36. The van der Waals surface area contributed by atoms with Crippen molar-refractivity contribution < 1.29 is 13.2 Å². The summed E-state index contributed by atoms with van der Waals surface area (Å²) in [7, 11) is -1.43. The number of rotatable bonds is 5. The van der Waals surface area contributed by atoms with E-state index in [2.05, 4.69) is 17.1 Å². The molecule has 1 aromatic heterocycles. The number of amides is 1. The third kappa shape index (κ3) is 4.05. The molecule has 1 amide bonds. The minimum Gasteiger partial charge on any atom is -0.337 e. The number of para-hydroxylation sites is 2. The number of hydrogen-bond donors (Lipinski definition) is 0. The quantitative estimate of drug-likeness (QED) is 0.647. The van der Waals surface area contributed by atoms with Gasteiger partial charge in [0, 0.05) is 13.3 Å². The molecule has 7 heteroatoms. The lowest BCUT2D eigenvalue weighted by molar-refractivity contribution is -0.133. The van der Waals surface area contributed by atoms with Gasteiger partial charge >= 0.3 is 0 Å². The maximum atomic E-state index is 13.2. The number of carbonyl (C=O) groups is 1. The third-order valence-corrected chi connectivity index (χ3v) is 6.40. The van der Waals surface area contributed by atoms with Crippen molar-refractivity contribution in [3.05, 3.63) is 65.5 Å². The van der Waals surface area contributed by atoms with Gasteiger partial charge in [0.1, 0.15) is 18.1 Å². The molecule has 2 aromatic carbocycles. The van der Waals surface area contributed by atoms with Crippen LogP contribution in [-0.4, -0.2) is 42.1 Å². The van der Waals surface area contributed by atoms with E-state index in [0.29, 0.717) is 11.3 Å². The Morgan fingerprint density at radius 1 is 1.17 bits per heavy atom. The Hall–Kier alpha value is -2.67. The number of aryl methyl sites for hydroxylation is 1. The summed E-state index contributed by atoms with van der Waals surface area (Å²) in [5.41, 5.74) is 3.98. The zero-order chi connectivity index (χ0) is 20.6. The summed E-state index contributed by atoms with van der Waals surface area (Å²) in [6.45, 7) is 0.0700. The van der Waals surface area contributed by atoms with Crippen molar-refractivity contribution in [2.45, 2.75) is 37.6 Å². The summed E-state index contributed by atoms with van der Waals surface area (Å²) in [6.07, 6.45) is 4.20. The number of aromatic nitrogens is 2. The van der Waals surface area contributed by atoms with Crippen LogP contribution in [0.3, 0.4) is 0 Å². The van der Waals surface area contributed by atoms with Crippen molar-refractivity contribution >= 4 is 26.8 Å². The van der Waals surface area contributed by atoms with Gasteiger partial charge in [0.2, 0.25) is 5.91 Å². The number of sulfone groups is 1. The highest BCUT2D eigenvalue weighted by molar-refractivity contribution is 7.89. The average molecular weight is 412 g/mol. The summed E-state index contributed by atoms with van der Waals surface area (Å²) in [5, 5.41) is 0. The Bertz CT molecular complexity index is 1170. The van der Waals surface area contributed by atoms with Crippen LogP contribution in [0.5, 0.6) is 0 Å². The number of nitrogens with zero attached hydrogens (tertiary/aromatic N) is 3. The predicted molar refractivity (Wildman–Crippen MR) is 113 cm³/mol.